The first-order chi connectivity index (χ1) is 15.8. The summed E-state index contributed by atoms with van der Waals surface area (Å²) in [6.07, 6.45) is 4.46. The Kier molecular flexibility index (Phi) is 8.10. The Bertz CT molecular complexity index is 1260. The number of nitrogens with one attached hydrogen (secondary N) is 2. The Morgan fingerprint density at radius 1 is 1.15 bits per heavy atom. The van der Waals surface area contributed by atoms with E-state index in [-0.39, 0.29) is 17.0 Å². The van der Waals surface area contributed by atoms with E-state index >= 15 is 0 Å². The standard InChI is InChI=1S/C24H32N4O4S/c1-5-15-32-22-11-10-18(33(30,31)25-13-12-17-9-8-14-28(17)4)16-20(22)23-26-21(7-3)19(6-2)24(29)27-23/h8-11,14,16,25H,5-7,12-13,15H2,1-4H3,(H,26,27,29). The average molecular weight is 473 g/mol. The van der Waals surface area contributed by atoms with E-state index in [0.717, 1.165) is 12.1 Å². The number of sulfonamides is 1. The van der Waals surface area contributed by atoms with Gasteiger partial charge in [-0.1, -0.05) is 20.8 Å². The summed E-state index contributed by atoms with van der Waals surface area (Å²) in [5.74, 6) is 0.787. The fourth-order valence-electron chi connectivity index (χ4n) is 3.68. The van der Waals surface area contributed by atoms with Crippen molar-refractivity contribution in [3.8, 4) is 17.1 Å². The fourth-order valence-corrected chi connectivity index (χ4v) is 4.74. The average Bonchev–Trinajstić information content (AvgIpc) is 3.21. The Labute approximate surface area is 195 Å². The quantitative estimate of drug-likeness (QED) is 0.446. The number of ether oxygens (including phenoxy) is 1. The minimum absolute atomic E-state index is 0.0912. The highest BCUT2D eigenvalue weighted by Gasteiger charge is 2.20. The smallest absolute Gasteiger partial charge is 0.254 e. The molecule has 0 aliphatic carbocycles. The van der Waals surface area contributed by atoms with Crippen molar-refractivity contribution < 1.29 is 13.2 Å². The molecule has 0 spiro atoms. The van der Waals surface area contributed by atoms with Crippen LogP contribution in [0.2, 0.25) is 0 Å². The Morgan fingerprint density at radius 3 is 2.58 bits per heavy atom. The largest absolute Gasteiger partial charge is 0.493 e. The van der Waals surface area contributed by atoms with Crippen LogP contribution in [-0.4, -0.2) is 36.1 Å². The van der Waals surface area contributed by atoms with Gasteiger partial charge in [0.15, 0.2) is 0 Å². The molecule has 0 fully saturated rings. The summed E-state index contributed by atoms with van der Waals surface area (Å²) in [5, 5.41) is 0. The van der Waals surface area contributed by atoms with Gasteiger partial charge in [0.05, 0.1) is 22.8 Å². The number of aryl methyl sites for hydroxylation is 2. The van der Waals surface area contributed by atoms with E-state index in [0.29, 0.717) is 54.3 Å². The minimum atomic E-state index is -3.77. The van der Waals surface area contributed by atoms with Crippen LogP contribution in [0.3, 0.4) is 0 Å². The first kappa shape index (κ1) is 24.7. The van der Waals surface area contributed by atoms with Gasteiger partial charge in [0.1, 0.15) is 11.6 Å². The lowest BCUT2D eigenvalue weighted by molar-refractivity contribution is 0.318. The van der Waals surface area contributed by atoms with Gasteiger partial charge in [-0.25, -0.2) is 18.1 Å². The monoisotopic (exact) mass is 472 g/mol. The van der Waals surface area contributed by atoms with E-state index in [1.54, 1.807) is 6.07 Å². The summed E-state index contributed by atoms with van der Waals surface area (Å²) in [6.45, 7) is 6.57. The van der Waals surface area contributed by atoms with Gasteiger partial charge in [0.25, 0.3) is 5.56 Å². The van der Waals surface area contributed by atoms with E-state index in [2.05, 4.69) is 14.7 Å². The molecule has 178 valence electrons. The van der Waals surface area contributed by atoms with E-state index < -0.39 is 10.0 Å². The number of benzene rings is 1. The van der Waals surface area contributed by atoms with Crippen LogP contribution in [0.5, 0.6) is 5.75 Å². The van der Waals surface area contributed by atoms with Crippen LogP contribution in [0.4, 0.5) is 0 Å². The molecule has 0 atom stereocenters. The first-order valence-electron chi connectivity index (χ1n) is 11.3. The predicted molar refractivity (Wildman–Crippen MR) is 129 cm³/mol. The van der Waals surface area contributed by atoms with Crippen LogP contribution in [0.15, 0.2) is 46.2 Å². The molecule has 2 N–H and O–H groups in total. The summed E-state index contributed by atoms with van der Waals surface area (Å²) in [5.41, 5.74) is 2.61. The normalized spacial score (nSPS) is 11.6. The topological polar surface area (TPSA) is 106 Å². The molecule has 0 bridgehead atoms. The molecule has 0 radical (unpaired) electrons. The molecule has 1 aromatic carbocycles. The fraction of sp³-hybridized carbons (Fsp3) is 0.417. The van der Waals surface area contributed by atoms with Crippen LogP contribution in [0, 0.1) is 0 Å². The van der Waals surface area contributed by atoms with Crippen LogP contribution in [0.25, 0.3) is 11.4 Å². The van der Waals surface area contributed by atoms with Gasteiger partial charge < -0.3 is 14.3 Å². The summed E-state index contributed by atoms with van der Waals surface area (Å²) in [7, 11) is -1.84. The van der Waals surface area contributed by atoms with Crippen molar-refractivity contribution in [2.24, 2.45) is 7.05 Å². The highest BCUT2D eigenvalue weighted by molar-refractivity contribution is 7.89. The summed E-state index contributed by atoms with van der Waals surface area (Å²) in [6, 6.07) is 8.53. The molecule has 0 amide bonds. The number of hydrogen-bond acceptors (Lipinski definition) is 5. The summed E-state index contributed by atoms with van der Waals surface area (Å²) in [4.78, 5) is 20.2. The third-order valence-corrected chi connectivity index (χ3v) is 6.95. The maximum Gasteiger partial charge on any atom is 0.254 e. The molecule has 3 rings (SSSR count). The second kappa shape index (κ2) is 10.8. The Morgan fingerprint density at radius 2 is 1.94 bits per heavy atom. The molecule has 33 heavy (non-hydrogen) atoms. The highest BCUT2D eigenvalue weighted by Crippen LogP contribution is 2.30. The number of H-pyrrole nitrogens is 1. The first-order valence-corrected chi connectivity index (χ1v) is 12.8. The van der Waals surface area contributed by atoms with Gasteiger partial charge in [-0.2, -0.15) is 0 Å². The zero-order valence-corrected chi connectivity index (χ0v) is 20.5. The second-order valence-electron chi connectivity index (χ2n) is 7.81. The van der Waals surface area contributed by atoms with E-state index in [9.17, 15) is 13.2 Å². The molecule has 3 aromatic rings. The van der Waals surface area contributed by atoms with Crippen molar-refractivity contribution in [2.75, 3.05) is 13.2 Å². The van der Waals surface area contributed by atoms with Crippen LogP contribution in [-0.2, 0) is 36.3 Å². The molecule has 0 unspecified atom stereocenters. The third-order valence-electron chi connectivity index (χ3n) is 5.49. The number of rotatable bonds is 11. The highest BCUT2D eigenvalue weighted by atomic mass is 32.2. The van der Waals surface area contributed by atoms with Crippen molar-refractivity contribution in [1.29, 1.82) is 0 Å². The second-order valence-corrected chi connectivity index (χ2v) is 9.58. The van der Waals surface area contributed by atoms with Gasteiger partial charge in [0.2, 0.25) is 10.0 Å². The maximum absolute atomic E-state index is 13.0. The van der Waals surface area contributed by atoms with Gasteiger partial charge >= 0.3 is 0 Å². The lowest BCUT2D eigenvalue weighted by Crippen LogP contribution is -2.26. The van der Waals surface area contributed by atoms with Crippen LogP contribution >= 0.6 is 0 Å². The molecular weight excluding hydrogens is 440 g/mol. The van der Waals surface area contributed by atoms with Gasteiger partial charge in [0, 0.05) is 37.5 Å². The van der Waals surface area contributed by atoms with E-state index in [4.69, 9.17) is 4.74 Å². The molecular formula is C24H32N4O4S. The Hall–Kier alpha value is -2.91. The van der Waals surface area contributed by atoms with Crippen molar-refractivity contribution in [3.05, 3.63) is 63.8 Å². The molecule has 2 heterocycles. The molecule has 0 saturated carbocycles. The van der Waals surface area contributed by atoms with Crippen molar-refractivity contribution in [3.63, 3.8) is 0 Å². The Balaban J connectivity index is 1.97. The predicted octanol–water partition coefficient (Wildman–Crippen LogP) is 3.21. The lowest BCUT2D eigenvalue weighted by atomic mass is 10.1. The molecule has 0 aliphatic rings. The molecule has 9 heteroatoms. The zero-order valence-electron chi connectivity index (χ0n) is 19.6. The van der Waals surface area contributed by atoms with Crippen molar-refractivity contribution >= 4 is 10.0 Å². The number of aromatic amines is 1. The van der Waals surface area contributed by atoms with Crippen molar-refractivity contribution in [2.45, 2.75) is 51.3 Å². The molecule has 0 saturated heterocycles. The van der Waals surface area contributed by atoms with E-state index in [1.807, 2.05) is 50.7 Å². The summed E-state index contributed by atoms with van der Waals surface area (Å²) >= 11 is 0. The number of nitrogens with zero attached hydrogens (tertiary/aromatic N) is 2. The molecule has 8 nitrogen and oxygen atoms in total. The number of aromatic nitrogens is 3. The molecule has 0 aliphatic heterocycles. The minimum Gasteiger partial charge on any atom is -0.493 e. The van der Waals surface area contributed by atoms with Gasteiger partial charge in [-0.15, -0.1) is 0 Å². The third kappa shape index (κ3) is 5.72. The van der Waals surface area contributed by atoms with Crippen molar-refractivity contribution in [1.82, 2.24) is 19.3 Å². The van der Waals surface area contributed by atoms with Crippen LogP contribution in [0.1, 0.15) is 44.1 Å². The SMILES string of the molecule is CCCOc1ccc(S(=O)(=O)NCCc2cccn2C)cc1-c1nc(CC)c(CC)c(=O)[nH]1. The maximum atomic E-state index is 13.0. The van der Waals surface area contributed by atoms with Crippen LogP contribution < -0.4 is 15.0 Å². The zero-order chi connectivity index (χ0) is 24.0. The lowest BCUT2D eigenvalue weighted by Gasteiger charge is -2.15. The number of hydrogen-bond donors (Lipinski definition) is 2. The van der Waals surface area contributed by atoms with Gasteiger partial charge in [-0.3, -0.25) is 4.79 Å². The van der Waals surface area contributed by atoms with Gasteiger partial charge in [-0.05, 0) is 49.6 Å². The summed E-state index contributed by atoms with van der Waals surface area (Å²) < 4.78 is 36.4. The van der Waals surface area contributed by atoms with E-state index in [1.165, 1.54) is 12.1 Å². The molecule has 2 aromatic heterocycles.